The molecule has 2 atom stereocenters. The quantitative estimate of drug-likeness (QED) is 0.680. The molecule has 0 heterocycles. The molecule has 5 heteroatoms. The van der Waals surface area contributed by atoms with Gasteiger partial charge in [-0.25, -0.2) is 4.79 Å². The van der Waals surface area contributed by atoms with Crippen LogP contribution in [0, 0.1) is 0 Å². The SMILES string of the molecule is CCOc1ccccc1C(=O)O[C@H](C)C(=O)Nc1ccccc1[C@@H](C)CC. The minimum absolute atomic E-state index is 0.305. The number of rotatable bonds is 8. The molecule has 27 heavy (non-hydrogen) atoms. The van der Waals surface area contributed by atoms with E-state index in [4.69, 9.17) is 9.47 Å². The number of para-hydroxylation sites is 2. The lowest BCUT2D eigenvalue weighted by atomic mass is 9.97. The van der Waals surface area contributed by atoms with Crippen molar-refractivity contribution in [1.82, 2.24) is 0 Å². The Bertz CT molecular complexity index is 787. The number of nitrogens with one attached hydrogen (secondary N) is 1. The number of carbonyl (C=O) groups is 2. The Morgan fingerprint density at radius 3 is 2.37 bits per heavy atom. The van der Waals surface area contributed by atoms with Gasteiger partial charge in [-0.05, 0) is 49.9 Å². The van der Waals surface area contributed by atoms with E-state index in [1.807, 2.05) is 31.2 Å². The van der Waals surface area contributed by atoms with Gasteiger partial charge in [0.2, 0.25) is 0 Å². The van der Waals surface area contributed by atoms with Gasteiger partial charge in [0.15, 0.2) is 6.10 Å². The van der Waals surface area contributed by atoms with E-state index >= 15 is 0 Å². The molecule has 0 aliphatic rings. The van der Waals surface area contributed by atoms with Gasteiger partial charge in [-0.2, -0.15) is 0 Å². The van der Waals surface area contributed by atoms with Gasteiger partial charge in [-0.3, -0.25) is 4.79 Å². The predicted molar refractivity (Wildman–Crippen MR) is 106 cm³/mol. The summed E-state index contributed by atoms with van der Waals surface area (Å²) in [4.78, 5) is 25.0. The fourth-order valence-corrected chi connectivity index (χ4v) is 2.69. The van der Waals surface area contributed by atoms with E-state index in [1.54, 1.807) is 31.2 Å². The Morgan fingerprint density at radius 1 is 1.00 bits per heavy atom. The summed E-state index contributed by atoms with van der Waals surface area (Å²) in [5.41, 5.74) is 2.11. The lowest BCUT2D eigenvalue weighted by Gasteiger charge is -2.18. The second-order valence-corrected chi connectivity index (χ2v) is 6.36. The Balaban J connectivity index is 2.08. The van der Waals surface area contributed by atoms with Crippen LogP contribution >= 0.6 is 0 Å². The summed E-state index contributed by atoms with van der Waals surface area (Å²) in [6.07, 6.45) is 0.0307. The fraction of sp³-hybridized carbons (Fsp3) is 0.364. The number of benzene rings is 2. The molecule has 0 saturated heterocycles. The third-order valence-electron chi connectivity index (χ3n) is 4.42. The number of carbonyl (C=O) groups excluding carboxylic acids is 2. The van der Waals surface area contributed by atoms with Crippen LogP contribution in [0.4, 0.5) is 5.69 Å². The maximum Gasteiger partial charge on any atom is 0.342 e. The van der Waals surface area contributed by atoms with Crippen LogP contribution in [-0.2, 0) is 9.53 Å². The van der Waals surface area contributed by atoms with E-state index < -0.39 is 12.1 Å². The molecule has 5 nitrogen and oxygen atoms in total. The van der Waals surface area contributed by atoms with Crippen LogP contribution in [0.3, 0.4) is 0 Å². The Morgan fingerprint density at radius 2 is 1.67 bits per heavy atom. The van der Waals surface area contributed by atoms with Crippen LogP contribution in [0.15, 0.2) is 48.5 Å². The number of amides is 1. The maximum atomic E-state index is 12.5. The van der Waals surface area contributed by atoms with E-state index in [0.29, 0.717) is 23.8 Å². The van der Waals surface area contributed by atoms with Gasteiger partial charge in [0, 0.05) is 5.69 Å². The van der Waals surface area contributed by atoms with E-state index in [1.165, 1.54) is 0 Å². The maximum absolute atomic E-state index is 12.5. The molecule has 0 spiro atoms. The summed E-state index contributed by atoms with van der Waals surface area (Å²) in [5.74, 6) is -0.193. The minimum atomic E-state index is -0.933. The molecule has 0 fully saturated rings. The lowest BCUT2D eigenvalue weighted by Crippen LogP contribution is -2.30. The molecule has 2 rings (SSSR count). The number of anilines is 1. The zero-order chi connectivity index (χ0) is 19.8. The van der Waals surface area contributed by atoms with Crippen molar-refractivity contribution in [2.75, 3.05) is 11.9 Å². The molecule has 0 unspecified atom stereocenters. The summed E-state index contributed by atoms with van der Waals surface area (Å²) in [7, 11) is 0. The van der Waals surface area contributed by atoms with E-state index in [9.17, 15) is 9.59 Å². The minimum Gasteiger partial charge on any atom is -0.493 e. The molecule has 0 aromatic heterocycles. The fourth-order valence-electron chi connectivity index (χ4n) is 2.69. The van der Waals surface area contributed by atoms with Crippen LogP contribution in [0.1, 0.15) is 56.0 Å². The van der Waals surface area contributed by atoms with Gasteiger partial charge in [0.1, 0.15) is 11.3 Å². The molecular formula is C22H27NO4. The summed E-state index contributed by atoms with van der Waals surface area (Å²) >= 11 is 0. The van der Waals surface area contributed by atoms with Crippen molar-refractivity contribution in [2.24, 2.45) is 0 Å². The molecule has 0 aliphatic carbocycles. The lowest BCUT2D eigenvalue weighted by molar-refractivity contribution is -0.123. The first-order chi connectivity index (χ1) is 13.0. The molecule has 2 aromatic rings. The molecule has 144 valence electrons. The normalized spacial score (nSPS) is 12.7. The van der Waals surface area contributed by atoms with Crippen molar-refractivity contribution in [3.8, 4) is 5.75 Å². The molecule has 1 amide bonds. The van der Waals surface area contributed by atoms with Crippen molar-refractivity contribution in [2.45, 2.75) is 46.1 Å². The number of hydrogen-bond donors (Lipinski definition) is 1. The van der Waals surface area contributed by atoms with E-state index in [0.717, 1.165) is 17.7 Å². The van der Waals surface area contributed by atoms with Crippen LogP contribution < -0.4 is 10.1 Å². The van der Waals surface area contributed by atoms with E-state index in [2.05, 4.69) is 19.2 Å². The van der Waals surface area contributed by atoms with Gasteiger partial charge >= 0.3 is 5.97 Å². The van der Waals surface area contributed by atoms with Crippen molar-refractivity contribution >= 4 is 17.6 Å². The van der Waals surface area contributed by atoms with Crippen molar-refractivity contribution in [1.29, 1.82) is 0 Å². The number of hydrogen-bond acceptors (Lipinski definition) is 4. The first-order valence-electron chi connectivity index (χ1n) is 9.30. The zero-order valence-electron chi connectivity index (χ0n) is 16.3. The van der Waals surface area contributed by atoms with Crippen molar-refractivity contribution < 1.29 is 19.1 Å². The summed E-state index contributed by atoms with van der Waals surface area (Å²) in [6.45, 7) is 8.05. The Hall–Kier alpha value is -2.82. The third kappa shape index (κ3) is 5.33. The molecule has 1 N–H and O–H groups in total. The van der Waals surface area contributed by atoms with Crippen molar-refractivity contribution in [3.05, 3.63) is 59.7 Å². The van der Waals surface area contributed by atoms with Crippen molar-refractivity contribution in [3.63, 3.8) is 0 Å². The highest BCUT2D eigenvalue weighted by molar-refractivity contribution is 5.98. The second-order valence-electron chi connectivity index (χ2n) is 6.36. The van der Waals surface area contributed by atoms with Crippen LogP contribution in [0.2, 0.25) is 0 Å². The largest absolute Gasteiger partial charge is 0.493 e. The highest BCUT2D eigenvalue weighted by atomic mass is 16.5. The monoisotopic (exact) mass is 369 g/mol. The van der Waals surface area contributed by atoms with Gasteiger partial charge in [0.05, 0.1) is 6.61 Å². The smallest absolute Gasteiger partial charge is 0.342 e. The van der Waals surface area contributed by atoms with Gasteiger partial charge in [-0.1, -0.05) is 44.2 Å². The number of ether oxygens (including phenoxy) is 2. The topological polar surface area (TPSA) is 64.6 Å². The standard InChI is InChI=1S/C22H27NO4/c1-5-15(3)17-11-7-9-13-19(17)23-21(24)16(4)27-22(25)18-12-8-10-14-20(18)26-6-2/h7-16H,5-6H2,1-4H3,(H,23,24)/t15-,16+/m0/s1. The summed E-state index contributed by atoms with van der Waals surface area (Å²) in [6, 6.07) is 14.5. The van der Waals surface area contributed by atoms with Crippen LogP contribution in [0.5, 0.6) is 5.75 Å². The number of esters is 1. The average Bonchev–Trinajstić information content (AvgIpc) is 2.68. The molecule has 0 radical (unpaired) electrons. The van der Waals surface area contributed by atoms with Gasteiger partial charge < -0.3 is 14.8 Å². The van der Waals surface area contributed by atoms with Gasteiger partial charge in [-0.15, -0.1) is 0 Å². The Labute approximate surface area is 160 Å². The highest BCUT2D eigenvalue weighted by Crippen LogP contribution is 2.27. The first kappa shape index (κ1) is 20.5. The predicted octanol–water partition coefficient (Wildman–Crippen LogP) is 4.78. The zero-order valence-corrected chi connectivity index (χ0v) is 16.3. The summed E-state index contributed by atoms with van der Waals surface area (Å²) < 4.78 is 10.8. The van der Waals surface area contributed by atoms with Crippen LogP contribution in [0.25, 0.3) is 0 Å². The van der Waals surface area contributed by atoms with Gasteiger partial charge in [0.25, 0.3) is 5.91 Å². The third-order valence-corrected chi connectivity index (χ3v) is 4.42. The molecule has 0 saturated carbocycles. The average molecular weight is 369 g/mol. The van der Waals surface area contributed by atoms with E-state index in [-0.39, 0.29) is 5.91 Å². The Kier molecular flexibility index (Phi) is 7.41. The molecular weight excluding hydrogens is 342 g/mol. The van der Waals surface area contributed by atoms with Crippen LogP contribution in [-0.4, -0.2) is 24.6 Å². The summed E-state index contributed by atoms with van der Waals surface area (Å²) in [5, 5.41) is 2.87. The molecule has 2 aromatic carbocycles. The molecule has 0 bridgehead atoms. The highest BCUT2D eigenvalue weighted by Gasteiger charge is 2.22. The second kappa shape index (κ2) is 9.76. The first-order valence-corrected chi connectivity index (χ1v) is 9.30. The molecule has 0 aliphatic heterocycles.